The predicted octanol–water partition coefficient (Wildman–Crippen LogP) is 3.71. The van der Waals surface area contributed by atoms with Gasteiger partial charge in [0.1, 0.15) is 5.82 Å². The molecule has 0 bridgehead atoms. The van der Waals surface area contributed by atoms with Gasteiger partial charge >= 0.3 is 5.97 Å². The molecule has 0 aliphatic heterocycles. The van der Waals surface area contributed by atoms with Crippen LogP contribution in [0.2, 0.25) is 0 Å². The van der Waals surface area contributed by atoms with Gasteiger partial charge in [-0.1, -0.05) is 45.8 Å². The first-order valence-corrected chi connectivity index (χ1v) is 8.08. The van der Waals surface area contributed by atoms with Gasteiger partial charge in [-0.3, -0.25) is 4.79 Å². The van der Waals surface area contributed by atoms with Gasteiger partial charge in [0, 0.05) is 18.1 Å². The normalized spacial score (nSPS) is 10.3. The molecule has 1 amide bonds. The van der Waals surface area contributed by atoms with Crippen molar-refractivity contribution in [3.05, 3.63) is 69.4 Å². The number of hydrogen-bond acceptors (Lipinski definition) is 3. The summed E-state index contributed by atoms with van der Waals surface area (Å²) in [6.45, 7) is 1.95. The van der Waals surface area contributed by atoms with Crippen LogP contribution in [-0.4, -0.2) is 30.4 Å². The Labute approximate surface area is 148 Å². The fourth-order valence-electron chi connectivity index (χ4n) is 2.02. The van der Waals surface area contributed by atoms with Gasteiger partial charge in [0.05, 0.1) is 5.56 Å². The lowest BCUT2D eigenvalue weighted by Crippen LogP contribution is -2.31. The third-order valence-electron chi connectivity index (χ3n) is 3.44. The molecule has 2 aromatic rings. The molecule has 0 aliphatic rings. The van der Waals surface area contributed by atoms with Crippen molar-refractivity contribution in [1.29, 1.82) is 0 Å². The quantitative estimate of drug-likeness (QED) is 0.727. The summed E-state index contributed by atoms with van der Waals surface area (Å²) in [4.78, 5) is 25.4. The molecule has 126 valence electrons. The first-order chi connectivity index (χ1) is 11.4. The van der Waals surface area contributed by atoms with Crippen LogP contribution >= 0.6 is 15.9 Å². The van der Waals surface area contributed by atoms with Crippen molar-refractivity contribution in [2.45, 2.75) is 13.5 Å². The first kappa shape index (κ1) is 18.1. The SMILES string of the molecule is Cc1ccc(CN(C)C(=O)COC(=O)c2cc(Br)ccc2F)cc1. The monoisotopic (exact) mass is 393 g/mol. The van der Waals surface area contributed by atoms with Crippen molar-refractivity contribution in [3.63, 3.8) is 0 Å². The lowest BCUT2D eigenvalue weighted by molar-refractivity contribution is -0.133. The van der Waals surface area contributed by atoms with Crippen LogP contribution in [0.4, 0.5) is 4.39 Å². The summed E-state index contributed by atoms with van der Waals surface area (Å²) in [5, 5.41) is 0. The van der Waals surface area contributed by atoms with Gasteiger partial charge in [-0.25, -0.2) is 9.18 Å². The van der Waals surface area contributed by atoms with E-state index in [0.29, 0.717) is 11.0 Å². The Balaban J connectivity index is 1.91. The maximum absolute atomic E-state index is 13.6. The second-order valence-corrected chi connectivity index (χ2v) is 6.35. The van der Waals surface area contributed by atoms with Gasteiger partial charge in [-0.15, -0.1) is 0 Å². The van der Waals surface area contributed by atoms with Crippen LogP contribution in [0.1, 0.15) is 21.5 Å². The molecule has 2 aromatic carbocycles. The molecule has 0 radical (unpaired) electrons. The number of likely N-dealkylation sites (N-methyl/N-ethyl adjacent to an activating group) is 1. The van der Waals surface area contributed by atoms with Crippen LogP contribution < -0.4 is 0 Å². The average molecular weight is 394 g/mol. The largest absolute Gasteiger partial charge is 0.452 e. The minimum absolute atomic E-state index is 0.210. The van der Waals surface area contributed by atoms with Crippen molar-refractivity contribution in [1.82, 2.24) is 4.90 Å². The number of amides is 1. The fraction of sp³-hybridized carbons (Fsp3) is 0.222. The molecule has 24 heavy (non-hydrogen) atoms. The zero-order valence-electron chi connectivity index (χ0n) is 13.4. The Hall–Kier alpha value is -2.21. The lowest BCUT2D eigenvalue weighted by atomic mass is 10.1. The van der Waals surface area contributed by atoms with Crippen LogP contribution in [0.3, 0.4) is 0 Å². The summed E-state index contributed by atoms with van der Waals surface area (Å²) in [5.41, 5.74) is 1.90. The number of carbonyl (C=O) groups excluding carboxylic acids is 2. The van der Waals surface area contributed by atoms with Crippen LogP contribution in [-0.2, 0) is 16.1 Å². The highest BCUT2D eigenvalue weighted by molar-refractivity contribution is 9.10. The van der Waals surface area contributed by atoms with Gasteiger partial charge in [0.25, 0.3) is 5.91 Å². The minimum atomic E-state index is -0.870. The summed E-state index contributed by atoms with van der Waals surface area (Å²) in [6.07, 6.45) is 0. The van der Waals surface area contributed by atoms with E-state index >= 15 is 0 Å². The Bertz CT molecular complexity index is 746. The molecule has 0 unspecified atom stereocenters. The summed E-state index contributed by atoms with van der Waals surface area (Å²) in [7, 11) is 1.62. The van der Waals surface area contributed by atoms with Gasteiger partial charge in [0.2, 0.25) is 0 Å². The second-order valence-electron chi connectivity index (χ2n) is 5.44. The lowest BCUT2D eigenvalue weighted by Gasteiger charge is -2.17. The molecule has 0 aliphatic carbocycles. The van der Waals surface area contributed by atoms with Crippen molar-refractivity contribution < 1.29 is 18.7 Å². The highest BCUT2D eigenvalue weighted by Crippen LogP contribution is 2.16. The molecule has 0 aromatic heterocycles. The van der Waals surface area contributed by atoms with Crippen LogP contribution in [0.25, 0.3) is 0 Å². The summed E-state index contributed by atoms with van der Waals surface area (Å²) >= 11 is 3.16. The number of aryl methyl sites for hydroxylation is 1. The topological polar surface area (TPSA) is 46.6 Å². The van der Waals surface area contributed by atoms with E-state index < -0.39 is 18.4 Å². The Kier molecular flexibility index (Phi) is 6.09. The molecule has 6 heteroatoms. The molecule has 0 spiro atoms. The first-order valence-electron chi connectivity index (χ1n) is 7.28. The van der Waals surface area contributed by atoms with Gasteiger partial charge in [-0.2, -0.15) is 0 Å². The number of carbonyl (C=O) groups is 2. The van der Waals surface area contributed by atoms with Crippen LogP contribution in [0, 0.1) is 12.7 Å². The average Bonchev–Trinajstić information content (AvgIpc) is 2.56. The molecule has 0 heterocycles. The number of rotatable bonds is 5. The number of nitrogens with zero attached hydrogens (tertiary/aromatic N) is 1. The predicted molar refractivity (Wildman–Crippen MR) is 92.0 cm³/mol. The number of esters is 1. The van der Waals surface area contributed by atoms with Crippen LogP contribution in [0.5, 0.6) is 0 Å². The van der Waals surface area contributed by atoms with E-state index in [1.54, 1.807) is 7.05 Å². The molecule has 0 fully saturated rings. The third kappa shape index (κ3) is 4.89. The van der Waals surface area contributed by atoms with E-state index in [9.17, 15) is 14.0 Å². The summed E-state index contributed by atoms with van der Waals surface area (Å²) in [5.74, 6) is -1.92. The molecule has 0 saturated heterocycles. The summed E-state index contributed by atoms with van der Waals surface area (Å²) < 4.78 is 19.1. The van der Waals surface area contributed by atoms with E-state index in [1.807, 2.05) is 31.2 Å². The maximum Gasteiger partial charge on any atom is 0.341 e. The van der Waals surface area contributed by atoms with E-state index in [1.165, 1.54) is 17.0 Å². The zero-order chi connectivity index (χ0) is 17.7. The molecule has 0 atom stereocenters. The fourth-order valence-corrected chi connectivity index (χ4v) is 2.39. The molecular formula is C18H17BrFNO3. The van der Waals surface area contributed by atoms with Crippen LogP contribution in [0.15, 0.2) is 46.9 Å². The highest BCUT2D eigenvalue weighted by Gasteiger charge is 2.17. The number of hydrogen-bond donors (Lipinski definition) is 0. The van der Waals surface area contributed by atoms with E-state index in [0.717, 1.165) is 17.2 Å². The Morgan fingerprint density at radius 3 is 2.50 bits per heavy atom. The van der Waals surface area contributed by atoms with Gasteiger partial charge < -0.3 is 9.64 Å². The smallest absolute Gasteiger partial charge is 0.341 e. The number of ether oxygens (including phenoxy) is 1. The molecule has 2 rings (SSSR count). The zero-order valence-corrected chi connectivity index (χ0v) is 15.0. The maximum atomic E-state index is 13.6. The van der Waals surface area contributed by atoms with E-state index in [4.69, 9.17) is 4.74 Å². The van der Waals surface area contributed by atoms with Crippen molar-refractivity contribution >= 4 is 27.8 Å². The number of halogens is 2. The van der Waals surface area contributed by atoms with Crippen molar-refractivity contribution in [3.8, 4) is 0 Å². The Morgan fingerprint density at radius 2 is 1.83 bits per heavy atom. The third-order valence-corrected chi connectivity index (χ3v) is 3.93. The van der Waals surface area contributed by atoms with Crippen molar-refractivity contribution in [2.24, 2.45) is 0 Å². The molecule has 0 saturated carbocycles. The Morgan fingerprint density at radius 1 is 1.17 bits per heavy atom. The highest BCUT2D eigenvalue weighted by atomic mass is 79.9. The van der Waals surface area contributed by atoms with Gasteiger partial charge in [-0.05, 0) is 30.7 Å². The molecule has 0 N–H and O–H groups in total. The minimum Gasteiger partial charge on any atom is -0.452 e. The number of benzene rings is 2. The van der Waals surface area contributed by atoms with Crippen molar-refractivity contribution in [2.75, 3.05) is 13.7 Å². The molecule has 4 nitrogen and oxygen atoms in total. The molecular weight excluding hydrogens is 377 g/mol. The second kappa shape index (κ2) is 8.06. The van der Waals surface area contributed by atoms with Gasteiger partial charge in [0.15, 0.2) is 6.61 Å². The summed E-state index contributed by atoms with van der Waals surface area (Å²) in [6, 6.07) is 11.7. The van der Waals surface area contributed by atoms with E-state index in [2.05, 4.69) is 15.9 Å². The standard InChI is InChI=1S/C18H17BrFNO3/c1-12-3-5-13(6-4-12)10-21(2)17(22)11-24-18(23)15-9-14(19)7-8-16(15)20/h3-9H,10-11H2,1-2H3. The van der Waals surface area contributed by atoms with E-state index in [-0.39, 0.29) is 11.5 Å².